The number of aromatic nitrogens is 1. The fourth-order valence-electron chi connectivity index (χ4n) is 3.22. The zero-order valence-electron chi connectivity index (χ0n) is 14.8. The van der Waals surface area contributed by atoms with Gasteiger partial charge in [0.05, 0.1) is 11.3 Å². The summed E-state index contributed by atoms with van der Waals surface area (Å²) >= 11 is 0. The minimum absolute atomic E-state index is 0.185. The van der Waals surface area contributed by atoms with Gasteiger partial charge in [-0.1, -0.05) is 24.3 Å². The Morgan fingerprint density at radius 2 is 1.75 bits per heavy atom. The third kappa shape index (κ3) is 3.43. The minimum atomic E-state index is -1.63. The Bertz CT molecular complexity index is 1040. The summed E-state index contributed by atoms with van der Waals surface area (Å²) in [5.41, 5.74) is 2.32. The molecule has 0 saturated heterocycles. The summed E-state index contributed by atoms with van der Waals surface area (Å²) in [5.74, 6) is -4.32. The van der Waals surface area contributed by atoms with Gasteiger partial charge in [-0.25, -0.2) is 18.2 Å². The molecule has 7 heteroatoms. The van der Waals surface area contributed by atoms with E-state index in [2.05, 4.69) is 27.3 Å². The van der Waals surface area contributed by atoms with Gasteiger partial charge in [-0.3, -0.25) is 4.79 Å². The third-order valence-electron chi connectivity index (χ3n) is 4.75. The molecule has 0 fully saturated rings. The first-order chi connectivity index (χ1) is 13.5. The number of anilines is 2. The maximum Gasteiger partial charge on any atom is 0.257 e. The van der Waals surface area contributed by atoms with Gasteiger partial charge in [-0.15, -0.1) is 0 Å². The molecule has 2 heterocycles. The van der Waals surface area contributed by atoms with Gasteiger partial charge in [0.15, 0.2) is 17.5 Å². The van der Waals surface area contributed by atoms with E-state index < -0.39 is 29.0 Å². The van der Waals surface area contributed by atoms with Gasteiger partial charge in [0.1, 0.15) is 5.82 Å². The van der Waals surface area contributed by atoms with Crippen molar-refractivity contribution >= 4 is 17.4 Å². The largest absolute Gasteiger partial charge is 0.352 e. The van der Waals surface area contributed by atoms with Crippen LogP contribution in [0.25, 0.3) is 0 Å². The standard InChI is InChI=1S/C21H16F3N3O/c22-16-6-7-17(20(24)19(16)23)26-21(28)14-5-8-18(25-11-14)27-10-9-13-3-1-2-4-15(13)12-27/h1-8,11H,9-10,12H2,(H,26,28). The number of hydrogen-bond acceptors (Lipinski definition) is 3. The smallest absolute Gasteiger partial charge is 0.257 e. The van der Waals surface area contributed by atoms with E-state index in [9.17, 15) is 18.0 Å². The van der Waals surface area contributed by atoms with Crippen molar-refractivity contribution in [2.45, 2.75) is 13.0 Å². The van der Waals surface area contributed by atoms with Crippen molar-refractivity contribution in [1.29, 1.82) is 0 Å². The van der Waals surface area contributed by atoms with E-state index >= 15 is 0 Å². The number of pyridine rings is 1. The number of nitrogens with zero attached hydrogens (tertiary/aromatic N) is 2. The molecule has 0 spiro atoms. The van der Waals surface area contributed by atoms with Crippen molar-refractivity contribution in [3.05, 3.63) is 88.9 Å². The van der Waals surface area contributed by atoms with Crippen molar-refractivity contribution in [2.75, 3.05) is 16.8 Å². The topological polar surface area (TPSA) is 45.2 Å². The molecule has 0 unspecified atom stereocenters. The average molecular weight is 383 g/mol. The lowest BCUT2D eigenvalue weighted by Gasteiger charge is -2.29. The van der Waals surface area contributed by atoms with Gasteiger partial charge in [0, 0.05) is 19.3 Å². The van der Waals surface area contributed by atoms with Crippen LogP contribution in [0, 0.1) is 17.5 Å². The molecule has 2 aromatic carbocycles. The van der Waals surface area contributed by atoms with Crippen LogP contribution in [0.15, 0.2) is 54.7 Å². The molecule has 1 aliphatic rings. The summed E-state index contributed by atoms with van der Waals surface area (Å²) in [7, 11) is 0. The fraction of sp³-hybridized carbons (Fsp3) is 0.143. The number of carbonyl (C=O) groups excluding carboxylic acids is 1. The number of fused-ring (bicyclic) bond motifs is 1. The van der Waals surface area contributed by atoms with Crippen molar-refractivity contribution in [2.24, 2.45) is 0 Å². The van der Waals surface area contributed by atoms with Crippen LogP contribution in [0.3, 0.4) is 0 Å². The number of nitrogens with one attached hydrogen (secondary N) is 1. The Labute approximate surface area is 159 Å². The number of rotatable bonds is 3. The zero-order valence-corrected chi connectivity index (χ0v) is 14.8. The SMILES string of the molecule is O=C(Nc1ccc(F)c(F)c1F)c1ccc(N2CCc3ccccc3C2)nc1. The molecule has 4 rings (SSSR count). The van der Waals surface area contributed by atoms with Crippen molar-refractivity contribution < 1.29 is 18.0 Å². The minimum Gasteiger partial charge on any atom is -0.352 e. The second-order valence-corrected chi connectivity index (χ2v) is 6.52. The molecule has 0 aliphatic carbocycles. The highest BCUT2D eigenvalue weighted by molar-refractivity contribution is 6.04. The molecule has 0 atom stereocenters. The van der Waals surface area contributed by atoms with Crippen LogP contribution in [-0.4, -0.2) is 17.4 Å². The zero-order chi connectivity index (χ0) is 19.7. The summed E-state index contributed by atoms with van der Waals surface area (Å²) in [5, 5.41) is 2.23. The fourth-order valence-corrected chi connectivity index (χ4v) is 3.22. The molecule has 0 bridgehead atoms. The monoisotopic (exact) mass is 383 g/mol. The maximum absolute atomic E-state index is 13.7. The molecule has 1 N–H and O–H groups in total. The predicted octanol–water partition coefficient (Wildman–Crippen LogP) is 4.31. The molecule has 1 amide bonds. The van der Waals surface area contributed by atoms with Gasteiger partial charge in [0.25, 0.3) is 5.91 Å². The van der Waals surface area contributed by atoms with Crippen LogP contribution < -0.4 is 10.2 Å². The molecule has 0 saturated carbocycles. The van der Waals surface area contributed by atoms with Crippen LogP contribution in [-0.2, 0) is 13.0 Å². The Hall–Kier alpha value is -3.35. The Morgan fingerprint density at radius 1 is 0.964 bits per heavy atom. The van der Waals surface area contributed by atoms with Gasteiger partial charge >= 0.3 is 0 Å². The van der Waals surface area contributed by atoms with E-state index in [4.69, 9.17) is 0 Å². The average Bonchev–Trinajstić information content (AvgIpc) is 2.74. The van der Waals surface area contributed by atoms with Gasteiger partial charge < -0.3 is 10.2 Å². The molecular formula is C21H16F3N3O. The van der Waals surface area contributed by atoms with Crippen LogP contribution in [0.1, 0.15) is 21.5 Å². The lowest BCUT2D eigenvalue weighted by atomic mass is 10.00. The molecule has 3 aromatic rings. The molecule has 1 aliphatic heterocycles. The summed E-state index contributed by atoms with van der Waals surface area (Å²) in [6, 6.07) is 13.2. The maximum atomic E-state index is 13.7. The van der Waals surface area contributed by atoms with E-state index in [0.29, 0.717) is 0 Å². The Morgan fingerprint density at radius 3 is 2.50 bits per heavy atom. The number of halogens is 3. The van der Waals surface area contributed by atoms with E-state index in [0.717, 1.165) is 37.5 Å². The van der Waals surface area contributed by atoms with Crippen LogP contribution in [0.5, 0.6) is 0 Å². The first-order valence-corrected chi connectivity index (χ1v) is 8.75. The van der Waals surface area contributed by atoms with Gasteiger partial charge in [-0.2, -0.15) is 0 Å². The van der Waals surface area contributed by atoms with Crippen molar-refractivity contribution in [1.82, 2.24) is 4.98 Å². The van der Waals surface area contributed by atoms with E-state index in [1.165, 1.54) is 17.3 Å². The van der Waals surface area contributed by atoms with E-state index in [1.807, 2.05) is 12.1 Å². The van der Waals surface area contributed by atoms with Crippen molar-refractivity contribution in [3.8, 4) is 0 Å². The molecule has 4 nitrogen and oxygen atoms in total. The molecule has 0 radical (unpaired) electrons. The second-order valence-electron chi connectivity index (χ2n) is 6.52. The van der Waals surface area contributed by atoms with Crippen molar-refractivity contribution in [3.63, 3.8) is 0 Å². The third-order valence-corrected chi connectivity index (χ3v) is 4.75. The molecular weight excluding hydrogens is 367 g/mol. The highest BCUT2D eigenvalue weighted by atomic mass is 19.2. The van der Waals surface area contributed by atoms with Crippen LogP contribution >= 0.6 is 0 Å². The lowest BCUT2D eigenvalue weighted by Crippen LogP contribution is -2.31. The van der Waals surface area contributed by atoms with E-state index in [-0.39, 0.29) is 5.56 Å². The number of hydrogen-bond donors (Lipinski definition) is 1. The number of carbonyl (C=O) groups is 1. The lowest BCUT2D eigenvalue weighted by molar-refractivity contribution is 0.102. The summed E-state index contributed by atoms with van der Waals surface area (Å²) < 4.78 is 40.0. The quantitative estimate of drug-likeness (QED) is 0.686. The highest BCUT2D eigenvalue weighted by Crippen LogP contribution is 2.24. The van der Waals surface area contributed by atoms with Gasteiger partial charge in [-0.05, 0) is 41.8 Å². The van der Waals surface area contributed by atoms with Gasteiger partial charge in [0.2, 0.25) is 0 Å². The summed E-state index contributed by atoms with van der Waals surface area (Å²) in [6.07, 6.45) is 2.29. The first kappa shape index (κ1) is 18.0. The Kier molecular flexibility index (Phi) is 4.73. The molecule has 28 heavy (non-hydrogen) atoms. The summed E-state index contributed by atoms with van der Waals surface area (Å²) in [6.45, 7) is 1.55. The highest BCUT2D eigenvalue weighted by Gasteiger charge is 2.19. The molecule has 142 valence electrons. The molecule has 1 aromatic heterocycles. The predicted molar refractivity (Wildman–Crippen MR) is 99.7 cm³/mol. The first-order valence-electron chi connectivity index (χ1n) is 8.75. The second kappa shape index (κ2) is 7.34. The number of benzene rings is 2. The normalized spacial score (nSPS) is 13.2. The van der Waals surface area contributed by atoms with Crippen LogP contribution in [0.2, 0.25) is 0 Å². The summed E-state index contributed by atoms with van der Waals surface area (Å²) in [4.78, 5) is 18.7. The van der Waals surface area contributed by atoms with Crippen LogP contribution in [0.4, 0.5) is 24.7 Å². The number of amides is 1. The van der Waals surface area contributed by atoms with E-state index in [1.54, 1.807) is 12.1 Å². The Balaban J connectivity index is 1.48.